The Balaban J connectivity index is 1.56. The average molecular weight is 287 g/mol. The van der Waals surface area contributed by atoms with Crippen molar-refractivity contribution in [3.63, 3.8) is 0 Å². The van der Waals surface area contributed by atoms with Crippen molar-refractivity contribution in [2.75, 3.05) is 22.9 Å². The zero-order valence-corrected chi connectivity index (χ0v) is 12.7. The molecule has 1 aliphatic carbocycles. The Morgan fingerprint density at radius 2 is 2.24 bits per heavy atom. The minimum Gasteiger partial charge on any atom is -0.397 e. The molecule has 1 fully saturated rings. The highest BCUT2D eigenvalue weighted by Crippen LogP contribution is 2.33. The van der Waals surface area contributed by atoms with Gasteiger partial charge in [0.1, 0.15) is 0 Å². The van der Waals surface area contributed by atoms with Gasteiger partial charge in [0.2, 0.25) is 5.91 Å². The zero-order chi connectivity index (χ0) is 14.8. The lowest BCUT2D eigenvalue weighted by molar-refractivity contribution is -0.115. The molecule has 1 amide bonds. The van der Waals surface area contributed by atoms with Gasteiger partial charge < -0.3 is 16.4 Å². The molecule has 1 aliphatic heterocycles. The molecule has 0 radical (unpaired) electrons. The summed E-state index contributed by atoms with van der Waals surface area (Å²) in [5.74, 6) is 1.78. The maximum atomic E-state index is 11.4. The molecule has 2 atom stereocenters. The Bertz CT molecular complexity index is 541. The summed E-state index contributed by atoms with van der Waals surface area (Å²) < 4.78 is 0. The minimum absolute atomic E-state index is 0.0535. The monoisotopic (exact) mass is 287 g/mol. The summed E-state index contributed by atoms with van der Waals surface area (Å²) in [7, 11) is 0. The van der Waals surface area contributed by atoms with Crippen LogP contribution in [0, 0.1) is 11.8 Å². The summed E-state index contributed by atoms with van der Waals surface area (Å²) in [6.45, 7) is 3.31. The van der Waals surface area contributed by atoms with Gasteiger partial charge in [-0.15, -0.1) is 0 Å². The van der Waals surface area contributed by atoms with Gasteiger partial charge in [-0.3, -0.25) is 4.79 Å². The fourth-order valence-corrected chi connectivity index (χ4v) is 3.68. The summed E-state index contributed by atoms with van der Waals surface area (Å²) in [6.07, 6.45) is 7.13. The van der Waals surface area contributed by atoms with Crippen molar-refractivity contribution >= 4 is 23.0 Å². The van der Waals surface area contributed by atoms with Gasteiger partial charge in [0, 0.05) is 12.2 Å². The van der Waals surface area contributed by atoms with Gasteiger partial charge in [0.05, 0.1) is 17.8 Å². The maximum absolute atomic E-state index is 11.4. The molecule has 0 spiro atoms. The van der Waals surface area contributed by atoms with Crippen LogP contribution in [0.1, 0.15) is 44.6 Å². The lowest BCUT2D eigenvalue weighted by Gasteiger charge is -2.26. The van der Waals surface area contributed by atoms with E-state index in [-0.39, 0.29) is 5.91 Å². The molecule has 2 aliphatic rings. The summed E-state index contributed by atoms with van der Waals surface area (Å²) in [5.41, 5.74) is 9.67. The van der Waals surface area contributed by atoms with E-state index in [4.69, 9.17) is 5.73 Å². The van der Waals surface area contributed by atoms with E-state index < -0.39 is 0 Å². The molecule has 2 unspecified atom stereocenters. The number of amides is 1. The molecule has 0 aromatic heterocycles. The molecule has 114 valence electrons. The number of anilines is 3. The van der Waals surface area contributed by atoms with E-state index in [0.717, 1.165) is 41.0 Å². The van der Waals surface area contributed by atoms with Crippen molar-refractivity contribution in [2.24, 2.45) is 11.8 Å². The number of nitrogen functional groups attached to an aromatic ring is 1. The molecule has 0 bridgehead atoms. The number of fused-ring (bicyclic) bond motifs is 1. The summed E-state index contributed by atoms with van der Waals surface area (Å²) >= 11 is 0. The first kappa shape index (κ1) is 14.2. The first-order valence-electron chi connectivity index (χ1n) is 8.08. The normalized spacial score (nSPS) is 24.5. The van der Waals surface area contributed by atoms with Gasteiger partial charge in [-0.2, -0.15) is 0 Å². The Hall–Kier alpha value is -1.71. The van der Waals surface area contributed by atoms with Crippen molar-refractivity contribution in [1.29, 1.82) is 0 Å². The number of nitrogens with one attached hydrogen (secondary N) is 2. The Morgan fingerprint density at radius 1 is 1.38 bits per heavy atom. The van der Waals surface area contributed by atoms with Crippen molar-refractivity contribution in [3.05, 3.63) is 17.7 Å². The fourth-order valence-electron chi connectivity index (χ4n) is 3.68. The van der Waals surface area contributed by atoms with Crippen LogP contribution in [0.25, 0.3) is 0 Å². The molecule has 4 heteroatoms. The Kier molecular flexibility index (Phi) is 4.04. The van der Waals surface area contributed by atoms with Gasteiger partial charge in [-0.05, 0) is 42.4 Å². The van der Waals surface area contributed by atoms with Crippen LogP contribution in [0.2, 0.25) is 0 Å². The van der Waals surface area contributed by atoms with E-state index in [9.17, 15) is 4.79 Å². The largest absolute Gasteiger partial charge is 0.397 e. The molecule has 1 aromatic carbocycles. The average Bonchev–Trinajstić information content (AvgIpc) is 2.78. The molecule has 4 N–H and O–H groups in total. The van der Waals surface area contributed by atoms with Crippen LogP contribution < -0.4 is 16.4 Å². The predicted octanol–water partition coefficient (Wildman–Crippen LogP) is 3.39. The number of carbonyl (C=O) groups excluding carboxylic acids is 1. The molecular formula is C17H25N3O. The van der Waals surface area contributed by atoms with E-state index in [2.05, 4.69) is 17.6 Å². The third kappa shape index (κ3) is 3.31. The number of nitrogens with two attached hydrogens (primary N) is 1. The van der Waals surface area contributed by atoms with Crippen LogP contribution in [-0.2, 0) is 11.2 Å². The summed E-state index contributed by atoms with van der Waals surface area (Å²) in [5, 5.41) is 6.32. The van der Waals surface area contributed by atoms with Crippen molar-refractivity contribution < 1.29 is 4.79 Å². The third-order valence-electron chi connectivity index (χ3n) is 4.81. The van der Waals surface area contributed by atoms with E-state index in [1.54, 1.807) is 0 Å². The number of carbonyl (C=O) groups is 1. The van der Waals surface area contributed by atoms with Crippen molar-refractivity contribution in [1.82, 2.24) is 0 Å². The van der Waals surface area contributed by atoms with Crippen LogP contribution in [0.4, 0.5) is 17.1 Å². The van der Waals surface area contributed by atoms with Crippen LogP contribution in [0.15, 0.2) is 12.1 Å². The minimum atomic E-state index is 0.0535. The van der Waals surface area contributed by atoms with E-state index in [0.29, 0.717) is 6.42 Å². The maximum Gasteiger partial charge on any atom is 0.228 e. The Labute approximate surface area is 126 Å². The van der Waals surface area contributed by atoms with Crippen LogP contribution in [0.5, 0.6) is 0 Å². The molecule has 1 aromatic rings. The summed E-state index contributed by atoms with van der Waals surface area (Å²) in [4.78, 5) is 11.4. The van der Waals surface area contributed by atoms with Crippen LogP contribution in [-0.4, -0.2) is 12.5 Å². The van der Waals surface area contributed by atoms with Gasteiger partial charge in [-0.25, -0.2) is 0 Å². The van der Waals surface area contributed by atoms with Crippen LogP contribution >= 0.6 is 0 Å². The summed E-state index contributed by atoms with van der Waals surface area (Å²) in [6, 6.07) is 3.89. The second-order valence-corrected chi connectivity index (χ2v) is 6.67. The van der Waals surface area contributed by atoms with Gasteiger partial charge in [-0.1, -0.05) is 26.2 Å². The first-order valence-corrected chi connectivity index (χ1v) is 8.08. The smallest absolute Gasteiger partial charge is 0.228 e. The second kappa shape index (κ2) is 5.96. The van der Waals surface area contributed by atoms with Gasteiger partial charge in [0.25, 0.3) is 0 Å². The highest BCUT2D eigenvalue weighted by molar-refractivity contribution is 6.00. The van der Waals surface area contributed by atoms with Gasteiger partial charge >= 0.3 is 0 Å². The third-order valence-corrected chi connectivity index (χ3v) is 4.81. The number of rotatable bonds is 4. The SMILES string of the molecule is CC1CCCC(CCNc2cc3c(cc2N)CC(=O)N3)C1. The molecule has 4 nitrogen and oxygen atoms in total. The molecular weight excluding hydrogens is 262 g/mol. The Morgan fingerprint density at radius 3 is 3.05 bits per heavy atom. The molecule has 21 heavy (non-hydrogen) atoms. The highest BCUT2D eigenvalue weighted by Gasteiger charge is 2.20. The molecule has 1 heterocycles. The molecule has 0 saturated heterocycles. The number of hydrogen-bond acceptors (Lipinski definition) is 3. The van der Waals surface area contributed by atoms with E-state index >= 15 is 0 Å². The molecule has 1 saturated carbocycles. The standard InChI is InChI=1S/C17H25N3O/c1-11-3-2-4-12(7-11)5-6-19-16-10-15-13(8-14(16)18)9-17(21)20-15/h8,10-12,19H,2-7,9,18H2,1H3,(H,20,21). The first-order chi connectivity index (χ1) is 10.1. The topological polar surface area (TPSA) is 67.1 Å². The van der Waals surface area contributed by atoms with Crippen LogP contribution in [0.3, 0.4) is 0 Å². The fraction of sp³-hybridized carbons (Fsp3) is 0.588. The molecule has 3 rings (SSSR count). The number of benzene rings is 1. The van der Waals surface area contributed by atoms with E-state index in [1.807, 2.05) is 12.1 Å². The zero-order valence-electron chi connectivity index (χ0n) is 12.7. The second-order valence-electron chi connectivity index (χ2n) is 6.67. The highest BCUT2D eigenvalue weighted by atomic mass is 16.1. The van der Waals surface area contributed by atoms with Crippen molar-refractivity contribution in [3.8, 4) is 0 Å². The quantitative estimate of drug-likeness (QED) is 0.744. The predicted molar refractivity (Wildman–Crippen MR) is 87.4 cm³/mol. The lowest BCUT2D eigenvalue weighted by Crippen LogP contribution is -2.17. The lowest BCUT2D eigenvalue weighted by atomic mass is 9.81. The van der Waals surface area contributed by atoms with Crippen molar-refractivity contribution in [2.45, 2.75) is 45.4 Å². The number of hydrogen-bond donors (Lipinski definition) is 3. The van der Waals surface area contributed by atoms with E-state index in [1.165, 1.54) is 32.1 Å². The van der Waals surface area contributed by atoms with Gasteiger partial charge in [0.15, 0.2) is 0 Å².